The summed E-state index contributed by atoms with van der Waals surface area (Å²) in [6.45, 7) is 2.64. The SMILES string of the molecule is CCOc1c(Cl)cc(C(N)=O)cc1OCc1ccccc1. The molecule has 2 rings (SSSR count). The third-order valence-electron chi connectivity index (χ3n) is 2.82. The summed E-state index contributed by atoms with van der Waals surface area (Å²) >= 11 is 6.13. The Bertz CT molecular complexity index is 629. The topological polar surface area (TPSA) is 61.5 Å². The average Bonchev–Trinajstić information content (AvgIpc) is 2.48. The Hall–Kier alpha value is -2.20. The van der Waals surface area contributed by atoms with E-state index in [-0.39, 0.29) is 5.56 Å². The van der Waals surface area contributed by atoms with Crippen molar-refractivity contribution < 1.29 is 14.3 Å². The number of hydrogen-bond acceptors (Lipinski definition) is 3. The first-order valence-electron chi connectivity index (χ1n) is 6.54. The molecule has 0 saturated carbocycles. The smallest absolute Gasteiger partial charge is 0.248 e. The highest BCUT2D eigenvalue weighted by Gasteiger charge is 2.15. The molecule has 2 aromatic carbocycles. The number of amides is 1. The van der Waals surface area contributed by atoms with E-state index < -0.39 is 5.91 Å². The Morgan fingerprint density at radius 2 is 1.90 bits per heavy atom. The quantitative estimate of drug-likeness (QED) is 0.889. The Morgan fingerprint density at radius 3 is 2.52 bits per heavy atom. The van der Waals surface area contributed by atoms with Gasteiger partial charge in [0.15, 0.2) is 11.5 Å². The predicted molar refractivity (Wildman–Crippen MR) is 81.9 cm³/mol. The van der Waals surface area contributed by atoms with E-state index in [9.17, 15) is 4.79 Å². The van der Waals surface area contributed by atoms with E-state index in [1.807, 2.05) is 37.3 Å². The molecule has 0 unspecified atom stereocenters. The number of rotatable bonds is 6. The fourth-order valence-corrected chi connectivity index (χ4v) is 2.10. The van der Waals surface area contributed by atoms with Crippen molar-refractivity contribution in [3.8, 4) is 11.5 Å². The molecule has 0 aliphatic carbocycles. The summed E-state index contributed by atoms with van der Waals surface area (Å²) in [5, 5.41) is 0.302. The van der Waals surface area contributed by atoms with Crippen LogP contribution < -0.4 is 15.2 Å². The lowest BCUT2D eigenvalue weighted by Crippen LogP contribution is -2.11. The first-order valence-corrected chi connectivity index (χ1v) is 6.92. The van der Waals surface area contributed by atoms with Gasteiger partial charge >= 0.3 is 0 Å². The van der Waals surface area contributed by atoms with E-state index >= 15 is 0 Å². The molecule has 0 saturated heterocycles. The lowest BCUT2D eigenvalue weighted by Gasteiger charge is -2.14. The third-order valence-corrected chi connectivity index (χ3v) is 3.10. The van der Waals surface area contributed by atoms with Crippen LogP contribution in [0, 0.1) is 0 Å². The molecule has 4 nitrogen and oxygen atoms in total. The molecule has 0 heterocycles. The number of ether oxygens (including phenoxy) is 2. The van der Waals surface area contributed by atoms with Gasteiger partial charge in [-0.3, -0.25) is 4.79 Å². The van der Waals surface area contributed by atoms with Crippen LogP contribution in [0.2, 0.25) is 5.02 Å². The van der Waals surface area contributed by atoms with Crippen molar-refractivity contribution in [2.45, 2.75) is 13.5 Å². The van der Waals surface area contributed by atoms with Crippen LogP contribution in [0.1, 0.15) is 22.8 Å². The molecule has 1 amide bonds. The normalized spacial score (nSPS) is 10.2. The number of benzene rings is 2. The standard InChI is InChI=1S/C16H16ClNO3/c1-2-20-15-13(17)8-12(16(18)19)9-14(15)21-10-11-6-4-3-5-7-11/h3-9H,2,10H2,1H3,(H2,18,19). The lowest BCUT2D eigenvalue weighted by molar-refractivity contribution is 0.0999. The molecule has 5 heteroatoms. The number of primary amides is 1. The van der Waals surface area contributed by atoms with Crippen molar-refractivity contribution in [3.63, 3.8) is 0 Å². The van der Waals surface area contributed by atoms with E-state index in [0.29, 0.717) is 29.7 Å². The second kappa shape index (κ2) is 6.99. The molecule has 0 fully saturated rings. The maximum atomic E-state index is 11.3. The van der Waals surface area contributed by atoms with Crippen LogP contribution in [0.15, 0.2) is 42.5 Å². The van der Waals surface area contributed by atoms with Gasteiger partial charge in [0.1, 0.15) is 6.61 Å². The molecular formula is C16H16ClNO3. The zero-order valence-electron chi connectivity index (χ0n) is 11.6. The number of carbonyl (C=O) groups is 1. The molecule has 110 valence electrons. The first kappa shape index (κ1) is 15.2. The maximum Gasteiger partial charge on any atom is 0.248 e. The average molecular weight is 306 g/mol. The molecule has 0 radical (unpaired) electrons. The van der Waals surface area contributed by atoms with Gasteiger partial charge in [-0.05, 0) is 24.6 Å². The summed E-state index contributed by atoms with van der Waals surface area (Å²) in [4.78, 5) is 11.3. The van der Waals surface area contributed by atoms with Gasteiger partial charge in [-0.1, -0.05) is 41.9 Å². The Kier molecular flexibility index (Phi) is 5.06. The van der Waals surface area contributed by atoms with E-state index in [1.165, 1.54) is 6.07 Å². The van der Waals surface area contributed by atoms with Gasteiger partial charge in [0.25, 0.3) is 0 Å². The molecule has 21 heavy (non-hydrogen) atoms. The maximum absolute atomic E-state index is 11.3. The van der Waals surface area contributed by atoms with Crippen LogP contribution in [0.5, 0.6) is 11.5 Å². The fraction of sp³-hybridized carbons (Fsp3) is 0.188. The van der Waals surface area contributed by atoms with Crippen molar-refractivity contribution >= 4 is 17.5 Å². The van der Waals surface area contributed by atoms with Crippen molar-refractivity contribution in [3.05, 3.63) is 58.6 Å². The van der Waals surface area contributed by atoms with Gasteiger partial charge in [0.2, 0.25) is 5.91 Å². The van der Waals surface area contributed by atoms with Crippen LogP contribution >= 0.6 is 11.6 Å². The highest BCUT2D eigenvalue weighted by molar-refractivity contribution is 6.32. The number of hydrogen-bond donors (Lipinski definition) is 1. The summed E-state index contributed by atoms with van der Waals surface area (Å²) in [5.74, 6) is 0.256. The number of halogens is 1. The van der Waals surface area contributed by atoms with E-state index in [4.69, 9.17) is 26.8 Å². The van der Waals surface area contributed by atoms with Crippen LogP contribution in [0.25, 0.3) is 0 Å². The summed E-state index contributed by atoms with van der Waals surface area (Å²) in [6, 6.07) is 12.7. The van der Waals surface area contributed by atoms with Gasteiger partial charge < -0.3 is 15.2 Å². The highest BCUT2D eigenvalue weighted by atomic mass is 35.5. The molecule has 2 aromatic rings. The molecule has 0 atom stereocenters. The van der Waals surface area contributed by atoms with E-state index in [1.54, 1.807) is 6.07 Å². The zero-order chi connectivity index (χ0) is 15.2. The van der Waals surface area contributed by atoms with Crippen LogP contribution in [0.3, 0.4) is 0 Å². The second-order valence-electron chi connectivity index (χ2n) is 4.36. The van der Waals surface area contributed by atoms with Crippen LogP contribution in [-0.4, -0.2) is 12.5 Å². The van der Waals surface area contributed by atoms with Gasteiger partial charge in [0.05, 0.1) is 11.6 Å². The molecule has 0 bridgehead atoms. The summed E-state index contributed by atoms with van der Waals surface area (Å²) < 4.78 is 11.2. The summed E-state index contributed by atoms with van der Waals surface area (Å²) in [7, 11) is 0. The Morgan fingerprint density at radius 1 is 1.19 bits per heavy atom. The van der Waals surface area contributed by atoms with Crippen molar-refractivity contribution in [1.82, 2.24) is 0 Å². The number of nitrogens with two attached hydrogens (primary N) is 1. The van der Waals surface area contributed by atoms with Gasteiger partial charge in [-0.2, -0.15) is 0 Å². The fourth-order valence-electron chi connectivity index (χ4n) is 1.84. The Labute approximate surface area is 128 Å². The second-order valence-corrected chi connectivity index (χ2v) is 4.76. The highest BCUT2D eigenvalue weighted by Crippen LogP contribution is 2.37. The summed E-state index contributed by atoms with van der Waals surface area (Å²) in [5.41, 5.74) is 6.57. The molecule has 0 aliphatic rings. The predicted octanol–water partition coefficient (Wildman–Crippen LogP) is 3.42. The number of carbonyl (C=O) groups excluding carboxylic acids is 1. The van der Waals surface area contributed by atoms with Gasteiger partial charge in [-0.25, -0.2) is 0 Å². The van der Waals surface area contributed by atoms with Gasteiger partial charge in [-0.15, -0.1) is 0 Å². The minimum absolute atomic E-state index is 0.284. The lowest BCUT2D eigenvalue weighted by atomic mass is 10.2. The molecule has 2 N–H and O–H groups in total. The van der Waals surface area contributed by atoms with Crippen LogP contribution in [0.4, 0.5) is 0 Å². The zero-order valence-corrected chi connectivity index (χ0v) is 12.4. The first-order chi connectivity index (χ1) is 10.1. The molecule has 0 spiro atoms. The minimum Gasteiger partial charge on any atom is -0.488 e. The van der Waals surface area contributed by atoms with Crippen molar-refractivity contribution in [2.75, 3.05) is 6.61 Å². The van der Waals surface area contributed by atoms with E-state index in [2.05, 4.69) is 0 Å². The van der Waals surface area contributed by atoms with Gasteiger partial charge in [0, 0.05) is 5.56 Å². The molecular weight excluding hydrogens is 290 g/mol. The Balaban J connectivity index is 2.28. The molecule has 0 aromatic heterocycles. The van der Waals surface area contributed by atoms with Crippen molar-refractivity contribution in [2.24, 2.45) is 5.73 Å². The summed E-state index contributed by atoms with van der Waals surface area (Å²) in [6.07, 6.45) is 0. The molecule has 0 aliphatic heterocycles. The monoisotopic (exact) mass is 305 g/mol. The minimum atomic E-state index is -0.565. The third kappa shape index (κ3) is 3.89. The van der Waals surface area contributed by atoms with Crippen molar-refractivity contribution in [1.29, 1.82) is 0 Å². The van der Waals surface area contributed by atoms with E-state index in [0.717, 1.165) is 5.56 Å². The largest absolute Gasteiger partial charge is 0.488 e. The van der Waals surface area contributed by atoms with Crippen LogP contribution in [-0.2, 0) is 6.61 Å².